The van der Waals surface area contributed by atoms with Crippen molar-refractivity contribution >= 4 is 11.9 Å². The fourth-order valence-corrected chi connectivity index (χ4v) is 9.81. The van der Waals surface area contributed by atoms with Crippen molar-refractivity contribution in [2.24, 2.45) is 39.4 Å². The van der Waals surface area contributed by atoms with Gasteiger partial charge in [-0.25, -0.2) is 0 Å². The van der Waals surface area contributed by atoms with E-state index in [9.17, 15) is 9.59 Å². The highest BCUT2D eigenvalue weighted by Gasteiger charge is 2.63. The second-order valence-electron chi connectivity index (χ2n) is 13.6. The van der Waals surface area contributed by atoms with E-state index in [2.05, 4.69) is 41.5 Å². The Labute approximate surface area is 214 Å². The molecule has 0 aromatic heterocycles. The van der Waals surface area contributed by atoms with Crippen LogP contribution in [0.4, 0.5) is 0 Å². The molecule has 2 fully saturated rings. The highest BCUT2D eigenvalue weighted by atomic mass is 16.5. The van der Waals surface area contributed by atoms with E-state index in [0.29, 0.717) is 36.2 Å². The molecule has 0 amide bonds. The van der Waals surface area contributed by atoms with Gasteiger partial charge in [0, 0.05) is 18.8 Å². The maximum atomic E-state index is 12.0. The van der Waals surface area contributed by atoms with Crippen LogP contribution in [-0.4, -0.2) is 24.6 Å². The highest BCUT2D eigenvalue weighted by molar-refractivity contribution is 5.69. The van der Waals surface area contributed by atoms with E-state index in [4.69, 9.17) is 9.47 Å². The highest BCUT2D eigenvalue weighted by Crippen LogP contribution is 2.72. The molecule has 35 heavy (non-hydrogen) atoms. The fraction of sp³-hybridized carbons (Fsp3) is 0.871. The lowest BCUT2D eigenvalue weighted by atomic mass is 9.43. The first-order valence-electron chi connectivity index (χ1n) is 14.4. The van der Waals surface area contributed by atoms with Crippen LogP contribution in [0.5, 0.6) is 0 Å². The summed E-state index contributed by atoms with van der Waals surface area (Å²) in [5, 5.41) is 0. The van der Waals surface area contributed by atoms with Gasteiger partial charge in [-0.15, -0.1) is 0 Å². The van der Waals surface area contributed by atoms with E-state index in [1.165, 1.54) is 38.5 Å². The van der Waals surface area contributed by atoms with Gasteiger partial charge < -0.3 is 9.47 Å². The third-order valence-electron chi connectivity index (χ3n) is 11.9. The van der Waals surface area contributed by atoms with Crippen LogP contribution in [0.1, 0.15) is 120 Å². The van der Waals surface area contributed by atoms with Crippen molar-refractivity contribution in [1.29, 1.82) is 0 Å². The number of ether oxygens (including phenoxy) is 2. The number of fused-ring (bicyclic) bond motifs is 4. The van der Waals surface area contributed by atoms with Gasteiger partial charge in [0.1, 0.15) is 6.10 Å². The number of rotatable bonds is 6. The summed E-state index contributed by atoms with van der Waals surface area (Å²) in [5.41, 5.74) is 4.32. The first-order valence-corrected chi connectivity index (χ1v) is 14.4. The van der Waals surface area contributed by atoms with Gasteiger partial charge in [-0.3, -0.25) is 9.59 Å². The molecule has 4 nitrogen and oxygen atoms in total. The zero-order valence-corrected chi connectivity index (χ0v) is 23.7. The molecule has 4 aliphatic carbocycles. The summed E-state index contributed by atoms with van der Waals surface area (Å²) in [5.74, 6) is 1.58. The Morgan fingerprint density at radius 2 is 1.69 bits per heavy atom. The Morgan fingerprint density at radius 3 is 2.34 bits per heavy atom. The summed E-state index contributed by atoms with van der Waals surface area (Å²) in [4.78, 5) is 23.8. The van der Waals surface area contributed by atoms with Gasteiger partial charge in [0.2, 0.25) is 0 Å². The van der Waals surface area contributed by atoms with Gasteiger partial charge in [-0.1, -0.05) is 52.7 Å². The van der Waals surface area contributed by atoms with E-state index in [-0.39, 0.29) is 34.3 Å². The average molecular weight is 487 g/mol. The summed E-state index contributed by atoms with van der Waals surface area (Å²) < 4.78 is 11.1. The number of carbonyl (C=O) groups excluding carboxylic acids is 2. The Kier molecular flexibility index (Phi) is 7.03. The van der Waals surface area contributed by atoms with E-state index < -0.39 is 0 Å². The standard InChI is InChI=1S/C31H50O4/c1-9-34-27(33)13-10-20(2)22-14-18-31(8)24-11-12-25-28(4,5)26(35-21(3)32)16-17-29(25,6)23(24)15-19-30(22,31)7/h20,22,25-26H,9-19H2,1-8H3/t20-,22-,25+,26+,29-,30-,31+/m1/s1. The first-order chi connectivity index (χ1) is 16.3. The third-order valence-corrected chi connectivity index (χ3v) is 11.9. The lowest BCUT2D eigenvalue weighted by Gasteiger charge is -2.62. The maximum Gasteiger partial charge on any atom is 0.305 e. The van der Waals surface area contributed by atoms with Crippen molar-refractivity contribution in [1.82, 2.24) is 0 Å². The molecule has 4 heteroatoms. The number of carbonyl (C=O) groups is 2. The summed E-state index contributed by atoms with van der Waals surface area (Å²) >= 11 is 0. The molecule has 0 unspecified atom stereocenters. The van der Waals surface area contributed by atoms with Crippen LogP contribution >= 0.6 is 0 Å². The van der Waals surface area contributed by atoms with E-state index >= 15 is 0 Å². The first kappa shape index (κ1) is 26.7. The van der Waals surface area contributed by atoms with Crippen LogP contribution in [-0.2, 0) is 19.1 Å². The largest absolute Gasteiger partial charge is 0.466 e. The summed E-state index contributed by atoms with van der Waals surface area (Å²) in [6, 6.07) is 0. The molecular formula is C31H50O4. The van der Waals surface area contributed by atoms with Crippen molar-refractivity contribution in [2.75, 3.05) is 6.61 Å². The van der Waals surface area contributed by atoms with E-state index in [0.717, 1.165) is 19.3 Å². The molecule has 0 saturated heterocycles. The van der Waals surface area contributed by atoms with Crippen LogP contribution in [0.25, 0.3) is 0 Å². The van der Waals surface area contributed by atoms with Crippen molar-refractivity contribution in [3.8, 4) is 0 Å². The maximum absolute atomic E-state index is 12.0. The quantitative estimate of drug-likeness (QED) is 0.286. The molecule has 0 spiro atoms. The smallest absolute Gasteiger partial charge is 0.305 e. The van der Waals surface area contributed by atoms with Gasteiger partial charge in [-0.2, -0.15) is 0 Å². The zero-order chi connectivity index (χ0) is 25.8. The molecule has 0 aromatic rings. The Bertz CT molecular complexity index is 886. The van der Waals surface area contributed by atoms with Crippen LogP contribution in [0.3, 0.4) is 0 Å². The molecule has 2 saturated carbocycles. The van der Waals surface area contributed by atoms with Gasteiger partial charge in [0.15, 0.2) is 0 Å². The van der Waals surface area contributed by atoms with Crippen molar-refractivity contribution in [3.63, 3.8) is 0 Å². The summed E-state index contributed by atoms with van der Waals surface area (Å²) in [7, 11) is 0. The molecule has 4 rings (SSSR count). The Morgan fingerprint density at radius 1 is 0.971 bits per heavy atom. The monoisotopic (exact) mass is 486 g/mol. The minimum absolute atomic E-state index is 0.00131. The average Bonchev–Trinajstić information content (AvgIpc) is 3.06. The normalized spacial score (nSPS) is 40.9. The molecule has 0 heterocycles. The number of esters is 2. The Balaban J connectivity index is 1.60. The molecule has 0 bridgehead atoms. The third kappa shape index (κ3) is 4.09. The van der Waals surface area contributed by atoms with Crippen LogP contribution in [0.15, 0.2) is 11.1 Å². The molecular weight excluding hydrogens is 436 g/mol. The predicted octanol–water partition coefficient (Wildman–Crippen LogP) is 7.65. The van der Waals surface area contributed by atoms with E-state index in [1.807, 2.05) is 6.92 Å². The molecule has 198 valence electrons. The Hall–Kier alpha value is -1.32. The number of allylic oxidation sites excluding steroid dienone is 2. The molecule has 4 aliphatic rings. The van der Waals surface area contributed by atoms with Crippen molar-refractivity contribution in [3.05, 3.63) is 11.1 Å². The molecule has 0 aliphatic heterocycles. The summed E-state index contributed by atoms with van der Waals surface area (Å²) in [6.45, 7) is 18.7. The lowest BCUT2D eigenvalue weighted by molar-refractivity contribution is -0.167. The summed E-state index contributed by atoms with van der Waals surface area (Å²) in [6.07, 6.45) is 11.0. The number of hydrogen-bond acceptors (Lipinski definition) is 4. The number of hydrogen-bond donors (Lipinski definition) is 0. The minimum atomic E-state index is -0.141. The molecule has 0 radical (unpaired) electrons. The zero-order valence-electron chi connectivity index (χ0n) is 23.7. The molecule has 0 aromatic carbocycles. The molecule has 0 N–H and O–H groups in total. The fourth-order valence-electron chi connectivity index (χ4n) is 9.81. The molecule has 7 atom stereocenters. The van der Waals surface area contributed by atoms with Crippen molar-refractivity contribution in [2.45, 2.75) is 126 Å². The van der Waals surface area contributed by atoms with Crippen LogP contribution in [0.2, 0.25) is 0 Å². The predicted molar refractivity (Wildman–Crippen MR) is 140 cm³/mol. The SMILES string of the molecule is CCOC(=O)CC[C@@H](C)[C@H]1CC[C@@]2(C)C3=C(CC[C@]12C)[C@@]1(C)CC[C@H](OC(C)=O)C(C)(C)[C@@H]1CC3. The van der Waals surface area contributed by atoms with Crippen LogP contribution in [0, 0.1) is 39.4 Å². The van der Waals surface area contributed by atoms with Crippen molar-refractivity contribution < 1.29 is 19.1 Å². The van der Waals surface area contributed by atoms with Gasteiger partial charge in [-0.05, 0) is 98.7 Å². The van der Waals surface area contributed by atoms with Crippen LogP contribution < -0.4 is 0 Å². The van der Waals surface area contributed by atoms with E-state index in [1.54, 1.807) is 18.1 Å². The minimum Gasteiger partial charge on any atom is -0.466 e. The second kappa shape index (κ2) is 9.21. The van der Waals surface area contributed by atoms with Gasteiger partial charge in [0.05, 0.1) is 6.61 Å². The van der Waals surface area contributed by atoms with Gasteiger partial charge >= 0.3 is 11.9 Å². The lowest BCUT2D eigenvalue weighted by Crippen LogP contribution is -2.55. The second-order valence-corrected chi connectivity index (χ2v) is 13.6. The van der Waals surface area contributed by atoms with Gasteiger partial charge in [0.25, 0.3) is 0 Å². The topological polar surface area (TPSA) is 52.6 Å².